The Morgan fingerprint density at radius 2 is 1.69 bits per heavy atom. The Bertz CT molecular complexity index is 367. The van der Waals surface area contributed by atoms with Crippen molar-refractivity contribution in [1.82, 2.24) is 0 Å². The summed E-state index contributed by atoms with van der Waals surface area (Å²) in [5.74, 6) is -0.488. The SMILES string of the molecule is CCOCOC(=O)c1ccc(C(C)=O)cc1. The van der Waals surface area contributed by atoms with Crippen LogP contribution in [-0.4, -0.2) is 25.2 Å². The lowest BCUT2D eigenvalue weighted by atomic mass is 10.1. The minimum absolute atomic E-state index is 0.0331. The molecule has 0 atom stereocenters. The van der Waals surface area contributed by atoms with Crippen molar-refractivity contribution >= 4 is 11.8 Å². The molecule has 0 amide bonds. The van der Waals surface area contributed by atoms with Crippen LogP contribution < -0.4 is 0 Å². The Morgan fingerprint density at radius 1 is 1.12 bits per heavy atom. The summed E-state index contributed by atoms with van der Waals surface area (Å²) in [5.41, 5.74) is 0.978. The number of benzene rings is 1. The number of ether oxygens (including phenoxy) is 2. The fourth-order valence-corrected chi connectivity index (χ4v) is 1.10. The summed E-state index contributed by atoms with van der Waals surface area (Å²) in [6, 6.07) is 6.31. The predicted molar refractivity (Wildman–Crippen MR) is 58.4 cm³/mol. The molecular weight excluding hydrogens is 208 g/mol. The molecule has 0 aromatic heterocycles. The topological polar surface area (TPSA) is 52.6 Å². The van der Waals surface area contributed by atoms with E-state index in [9.17, 15) is 9.59 Å². The molecule has 0 aliphatic carbocycles. The molecule has 0 aliphatic heterocycles. The minimum atomic E-state index is -0.455. The molecule has 4 heteroatoms. The first-order valence-electron chi connectivity index (χ1n) is 5.01. The highest BCUT2D eigenvalue weighted by molar-refractivity contribution is 5.96. The van der Waals surface area contributed by atoms with Crippen LogP contribution in [0.2, 0.25) is 0 Å². The van der Waals surface area contributed by atoms with E-state index in [4.69, 9.17) is 9.47 Å². The van der Waals surface area contributed by atoms with Gasteiger partial charge >= 0.3 is 5.97 Å². The lowest BCUT2D eigenvalue weighted by Gasteiger charge is -2.04. The maximum absolute atomic E-state index is 11.4. The lowest BCUT2D eigenvalue weighted by molar-refractivity contribution is -0.0274. The van der Waals surface area contributed by atoms with Crippen molar-refractivity contribution in [2.45, 2.75) is 13.8 Å². The van der Waals surface area contributed by atoms with Gasteiger partial charge < -0.3 is 9.47 Å². The van der Waals surface area contributed by atoms with Crippen LogP contribution in [-0.2, 0) is 9.47 Å². The van der Waals surface area contributed by atoms with Crippen LogP contribution in [0.5, 0.6) is 0 Å². The van der Waals surface area contributed by atoms with Gasteiger partial charge in [0.05, 0.1) is 5.56 Å². The first kappa shape index (κ1) is 12.4. The summed E-state index contributed by atoms with van der Waals surface area (Å²) in [5, 5.41) is 0. The molecule has 16 heavy (non-hydrogen) atoms. The van der Waals surface area contributed by atoms with Crippen LogP contribution in [0.15, 0.2) is 24.3 Å². The van der Waals surface area contributed by atoms with Gasteiger partial charge in [-0.1, -0.05) is 12.1 Å². The Morgan fingerprint density at radius 3 is 2.19 bits per heavy atom. The van der Waals surface area contributed by atoms with Crippen molar-refractivity contribution < 1.29 is 19.1 Å². The first-order valence-corrected chi connectivity index (χ1v) is 5.01. The van der Waals surface area contributed by atoms with E-state index >= 15 is 0 Å². The number of carbonyl (C=O) groups is 2. The van der Waals surface area contributed by atoms with E-state index in [0.29, 0.717) is 17.7 Å². The molecule has 0 bridgehead atoms. The second-order valence-corrected chi connectivity index (χ2v) is 3.18. The monoisotopic (exact) mass is 222 g/mol. The van der Waals surface area contributed by atoms with Crippen LogP contribution in [0, 0.1) is 0 Å². The predicted octanol–water partition coefficient (Wildman–Crippen LogP) is 2.04. The lowest BCUT2D eigenvalue weighted by Crippen LogP contribution is -2.08. The number of rotatable bonds is 5. The fraction of sp³-hybridized carbons (Fsp3) is 0.333. The zero-order valence-corrected chi connectivity index (χ0v) is 9.36. The Balaban J connectivity index is 2.59. The van der Waals surface area contributed by atoms with Crippen LogP contribution >= 0.6 is 0 Å². The molecule has 1 aromatic carbocycles. The second-order valence-electron chi connectivity index (χ2n) is 3.18. The van der Waals surface area contributed by atoms with E-state index in [1.807, 2.05) is 6.92 Å². The molecule has 0 fully saturated rings. The summed E-state index contributed by atoms with van der Waals surface area (Å²) in [4.78, 5) is 22.4. The third kappa shape index (κ3) is 3.47. The normalized spacial score (nSPS) is 9.88. The molecular formula is C12H14O4. The number of Topliss-reactive ketones (excluding diaryl/α,β-unsaturated/α-hetero) is 1. The average Bonchev–Trinajstić information content (AvgIpc) is 2.29. The summed E-state index contributed by atoms with van der Waals surface area (Å²) in [6.07, 6.45) is 0. The molecule has 0 N–H and O–H groups in total. The molecule has 0 aliphatic rings. The van der Waals surface area contributed by atoms with Crippen LogP contribution in [0.1, 0.15) is 34.6 Å². The van der Waals surface area contributed by atoms with Crippen molar-refractivity contribution in [1.29, 1.82) is 0 Å². The molecule has 0 saturated heterocycles. The highest BCUT2D eigenvalue weighted by atomic mass is 16.7. The van der Waals surface area contributed by atoms with Gasteiger partial charge in [0.15, 0.2) is 12.6 Å². The molecule has 86 valence electrons. The molecule has 1 rings (SSSR count). The number of hydrogen-bond acceptors (Lipinski definition) is 4. The van der Waals surface area contributed by atoms with Gasteiger partial charge in [0.2, 0.25) is 0 Å². The quantitative estimate of drug-likeness (QED) is 0.331. The molecule has 0 saturated carbocycles. The van der Waals surface area contributed by atoms with Gasteiger partial charge in [-0.3, -0.25) is 4.79 Å². The number of hydrogen-bond donors (Lipinski definition) is 0. The third-order valence-corrected chi connectivity index (χ3v) is 2.00. The molecule has 0 unspecified atom stereocenters. The maximum atomic E-state index is 11.4. The molecule has 0 radical (unpaired) electrons. The molecule has 0 spiro atoms. The van der Waals surface area contributed by atoms with Gasteiger partial charge in [0.1, 0.15) is 0 Å². The average molecular weight is 222 g/mol. The van der Waals surface area contributed by atoms with E-state index in [1.165, 1.54) is 6.92 Å². The van der Waals surface area contributed by atoms with E-state index < -0.39 is 5.97 Å². The second kappa shape index (κ2) is 6.02. The Hall–Kier alpha value is -1.68. The molecule has 0 heterocycles. The molecule has 1 aromatic rings. The van der Waals surface area contributed by atoms with Gasteiger partial charge in [0.25, 0.3) is 0 Å². The molecule has 4 nitrogen and oxygen atoms in total. The van der Waals surface area contributed by atoms with Crippen molar-refractivity contribution in [2.75, 3.05) is 13.4 Å². The summed E-state index contributed by atoms with van der Waals surface area (Å²) >= 11 is 0. The highest BCUT2D eigenvalue weighted by Gasteiger charge is 2.07. The summed E-state index contributed by atoms with van der Waals surface area (Å²) in [6.45, 7) is 3.73. The van der Waals surface area contributed by atoms with E-state index in [2.05, 4.69) is 0 Å². The summed E-state index contributed by atoms with van der Waals surface area (Å²) < 4.78 is 9.71. The van der Waals surface area contributed by atoms with Gasteiger partial charge in [-0.05, 0) is 26.0 Å². The minimum Gasteiger partial charge on any atom is -0.435 e. The van der Waals surface area contributed by atoms with Crippen molar-refractivity contribution in [2.24, 2.45) is 0 Å². The van der Waals surface area contributed by atoms with Gasteiger partial charge in [-0.25, -0.2) is 4.79 Å². The van der Waals surface area contributed by atoms with E-state index in [1.54, 1.807) is 24.3 Å². The van der Waals surface area contributed by atoms with E-state index in [0.717, 1.165) is 0 Å². The fourth-order valence-electron chi connectivity index (χ4n) is 1.10. The highest BCUT2D eigenvalue weighted by Crippen LogP contribution is 2.06. The first-order chi connectivity index (χ1) is 7.65. The van der Waals surface area contributed by atoms with Crippen LogP contribution in [0.25, 0.3) is 0 Å². The standard InChI is InChI=1S/C12H14O4/c1-3-15-8-16-12(14)11-6-4-10(5-7-11)9(2)13/h4-7H,3,8H2,1-2H3. The zero-order chi connectivity index (χ0) is 12.0. The Labute approximate surface area is 94.2 Å². The van der Waals surface area contributed by atoms with Crippen molar-refractivity contribution in [3.8, 4) is 0 Å². The van der Waals surface area contributed by atoms with E-state index in [-0.39, 0.29) is 12.6 Å². The van der Waals surface area contributed by atoms with Crippen molar-refractivity contribution in [3.63, 3.8) is 0 Å². The number of carbonyl (C=O) groups excluding carboxylic acids is 2. The number of esters is 1. The zero-order valence-electron chi connectivity index (χ0n) is 9.36. The van der Waals surface area contributed by atoms with Gasteiger partial charge in [-0.2, -0.15) is 0 Å². The van der Waals surface area contributed by atoms with Crippen LogP contribution in [0.3, 0.4) is 0 Å². The van der Waals surface area contributed by atoms with Gasteiger partial charge in [0, 0.05) is 12.2 Å². The summed E-state index contributed by atoms with van der Waals surface area (Å²) in [7, 11) is 0. The van der Waals surface area contributed by atoms with Crippen LogP contribution in [0.4, 0.5) is 0 Å². The van der Waals surface area contributed by atoms with Gasteiger partial charge in [-0.15, -0.1) is 0 Å². The Kier molecular flexibility index (Phi) is 4.66. The smallest absolute Gasteiger partial charge is 0.340 e. The van der Waals surface area contributed by atoms with Crippen molar-refractivity contribution in [3.05, 3.63) is 35.4 Å². The maximum Gasteiger partial charge on any atom is 0.340 e. The number of ketones is 1. The largest absolute Gasteiger partial charge is 0.435 e. The third-order valence-electron chi connectivity index (χ3n) is 2.00.